The summed E-state index contributed by atoms with van der Waals surface area (Å²) in [6, 6.07) is 28.2. The smallest absolute Gasteiger partial charge is 0.221 e. The molecule has 0 aliphatic carbocycles. The second-order valence-electron chi connectivity index (χ2n) is 7.48. The molecular formula is C25H27NO2. The highest BCUT2D eigenvalue weighted by atomic mass is 16.5. The van der Waals surface area contributed by atoms with E-state index in [1.54, 1.807) is 7.11 Å². The first kappa shape index (κ1) is 19.7. The Hall–Kier alpha value is -3.07. The van der Waals surface area contributed by atoms with Crippen LogP contribution in [0, 0.1) is 0 Å². The van der Waals surface area contributed by atoms with Crippen molar-refractivity contribution >= 4 is 5.91 Å². The number of hydrogen-bond acceptors (Lipinski definition) is 2. The van der Waals surface area contributed by atoms with Crippen LogP contribution in [-0.2, 0) is 10.3 Å². The lowest BCUT2D eigenvalue weighted by molar-refractivity contribution is -0.123. The van der Waals surface area contributed by atoms with E-state index >= 15 is 0 Å². The van der Waals surface area contributed by atoms with E-state index in [0.29, 0.717) is 6.42 Å². The van der Waals surface area contributed by atoms with E-state index in [-0.39, 0.29) is 11.8 Å². The standard InChI is InChI=1S/C25H27NO2/c1-25(2,21-14-16-22(28-3)17-15-21)26-24(27)18-23(19-10-6-4-7-11-19)20-12-8-5-9-13-20/h4-17,23H,18H2,1-3H3,(H,26,27). The Morgan fingerprint density at radius 2 is 1.36 bits per heavy atom. The Kier molecular flexibility index (Phi) is 6.15. The molecule has 1 N–H and O–H groups in total. The van der Waals surface area contributed by atoms with Gasteiger partial charge in [-0.3, -0.25) is 4.79 Å². The van der Waals surface area contributed by atoms with Gasteiger partial charge in [0.25, 0.3) is 0 Å². The second-order valence-corrected chi connectivity index (χ2v) is 7.48. The quantitative estimate of drug-likeness (QED) is 0.613. The number of benzene rings is 3. The van der Waals surface area contributed by atoms with E-state index < -0.39 is 5.54 Å². The average Bonchev–Trinajstić information content (AvgIpc) is 2.73. The van der Waals surface area contributed by atoms with Crippen molar-refractivity contribution in [3.8, 4) is 5.75 Å². The van der Waals surface area contributed by atoms with Crippen LogP contribution in [0.2, 0.25) is 0 Å². The molecule has 0 radical (unpaired) electrons. The zero-order chi connectivity index (χ0) is 20.0. The first-order valence-electron chi connectivity index (χ1n) is 9.55. The van der Waals surface area contributed by atoms with Crippen molar-refractivity contribution in [3.05, 3.63) is 102 Å². The summed E-state index contributed by atoms with van der Waals surface area (Å²) in [7, 11) is 1.65. The van der Waals surface area contributed by atoms with Gasteiger partial charge in [0.2, 0.25) is 5.91 Å². The predicted octanol–water partition coefficient (Wildman–Crippen LogP) is 5.27. The second kappa shape index (κ2) is 8.75. The molecule has 0 aliphatic heterocycles. The van der Waals surface area contributed by atoms with Crippen LogP contribution >= 0.6 is 0 Å². The number of methoxy groups -OCH3 is 1. The SMILES string of the molecule is COc1ccc(C(C)(C)NC(=O)CC(c2ccccc2)c2ccccc2)cc1. The van der Waals surface area contributed by atoms with E-state index in [9.17, 15) is 4.79 Å². The minimum atomic E-state index is -0.471. The van der Waals surface area contributed by atoms with Gasteiger partial charge in [0.15, 0.2) is 0 Å². The van der Waals surface area contributed by atoms with Crippen LogP contribution in [0.25, 0.3) is 0 Å². The van der Waals surface area contributed by atoms with Gasteiger partial charge < -0.3 is 10.1 Å². The molecule has 144 valence electrons. The molecule has 0 atom stereocenters. The van der Waals surface area contributed by atoms with Gasteiger partial charge >= 0.3 is 0 Å². The summed E-state index contributed by atoms with van der Waals surface area (Å²) in [4.78, 5) is 13.0. The van der Waals surface area contributed by atoms with Crippen molar-refractivity contribution in [2.45, 2.75) is 31.7 Å². The van der Waals surface area contributed by atoms with Gasteiger partial charge in [0.1, 0.15) is 5.75 Å². The Labute approximate surface area is 167 Å². The number of nitrogens with one attached hydrogen (secondary N) is 1. The molecule has 0 aromatic heterocycles. The van der Waals surface area contributed by atoms with Crippen LogP contribution in [0.15, 0.2) is 84.9 Å². The summed E-state index contributed by atoms with van der Waals surface area (Å²) in [6.07, 6.45) is 0.396. The highest BCUT2D eigenvalue weighted by Crippen LogP contribution is 2.29. The molecule has 3 aromatic rings. The average molecular weight is 373 g/mol. The third kappa shape index (κ3) is 4.80. The summed E-state index contributed by atoms with van der Waals surface area (Å²) < 4.78 is 5.23. The van der Waals surface area contributed by atoms with Crippen molar-refractivity contribution < 1.29 is 9.53 Å². The van der Waals surface area contributed by atoms with Crippen LogP contribution in [0.3, 0.4) is 0 Å². The summed E-state index contributed by atoms with van der Waals surface area (Å²) in [5.41, 5.74) is 2.86. The summed E-state index contributed by atoms with van der Waals surface area (Å²) in [5, 5.41) is 3.20. The number of amides is 1. The van der Waals surface area contributed by atoms with Gasteiger partial charge in [-0.25, -0.2) is 0 Å². The minimum absolute atomic E-state index is 0.0223. The lowest BCUT2D eigenvalue weighted by Gasteiger charge is -2.28. The number of carbonyl (C=O) groups is 1. The Bertz CT molecular complexity index is 847. The topological polar surface area (TPSA) is 38.3 Å². The zero-order valence-corrected chi connectivity index (χ0v) is 16.7. The molecule has 1 amide bonds. The Morgan fingerprint density at radius 1 is 0.857 bits per heavy atom. The van der Waals surface area contributed by atoms with E-state index in [2.05, 4.69) is 29.6 Å². The first-order chi connectivity index (χ1) is 13.5. The molecule has 0 saturated carbocycles. The van der Waals surface area contributed by atoms with Gasteiger partial charge in [-0.1, -0.05) is 72.8 Å². The number of ether oxygens (including phenoxy) is 1. The molecular weight excluding hydrogens is 346 g/mol. The Morgan fingerprint density at radius 3 is 1.82 bits per heavy atom. The van der Waals surface area contributed by atoms with Gasteiger partial charge in [-0.15, -0.1) is 0 Å². The van der Waals surface area contributed by atoms with Crippen LogP contribution < -0.4 is 10.1 Å². The maximum atomic E-state index is 13.0. The van der Waals surface area contributed by atoms with E-state index in [1.807, 2.05) is 74.5 Å². The Balaban J connectivity index is 1.78. The molecule has 3 rings (SSSR count). The molecule has 0 saturated heterocycles. The number of rotatable bonds is 7. The maximum absolute atomic E-state index is 13.0. The number of carbonyl (C=O) groups excluding carboxylic acids is 1. The fourth-order valence-electron chi connectivity index (χ4n) is 3.46. The van der Waals surface area contributed by atoms with Crippen LogP contribution in [0.4, 0.5) is 0 Å². The van der Waals surface area contributed by atoms with Gasteiger partial charge in [-0.05, 0) is 42.7 Å². The van der Waals surface area contributed by atoms with E-state index in [1.165, 1.54) is 0 Å². The largest absolute Gasteiger partial charge is 0.497 e. The molecule has 3 heteroatoms. The molecule has 3 aromatic carbocycles. The molecule has 0 heterocycles. The zero-order valence-electron chi connectivity index (χ0n) is 16.7. The minimum Gasteiger partial charge on any atom is -0.497 e. The van der Waals surface area contributed by atoms with E-state index in [0.717, 1.165) is 22.4 Å². The van der Waals surface area contributed by atoms with Crippen molar-refractivity contribution in [2.75, 3.05) is 7.11 Å². The highest BCUT2D eigenvalue weighted by molar-refractivity contribution is 5.78. The fraction of sp³-hybridized carbons (Fsp3) is 0.240. The van der Waals surface area contributed by atoms with Crippen molar-refractivity contribution in [1.82, 2.24) is 5.32 Å². The predicted molar refractivity (Wildman–Crippen MR) is 114 cm³/mol. The molecule has 0 unspecified atom stereocenters. The normalized spacial score (nSPS) is 11.3. The first-order valence-corrected chi connectivity index (χ1v) is 9.55. The molecule has 3 nitrogen and oxygen atoms in total. The summed E-state index contributed by atoms with van der Waals surface area (Å²) >= 11 is 0. The summed E-state index contributed by atoms with van der Waals surface area (Å²) in [6.45, 7) is 4.04. The highest BCUT2D eigenvalue weighted by Gasteiger charge is 2.25. The molecule has 0 spiro atoms. The van der Waals surface area contributed by atoms with Gasteiger partial charge in [0, 0.05) is 12.3 Å². The van der Waals surface area contributed by atoms with Crippen molar-refractivity contribution in [2.24, 2.45) is 0 Å². The van der Waals surface area contributed by atoms with Crippen LogP contribution in [0.5, 0.6) is 5.75 Å². The molecule has 0 fully saturated rings. The number of hydrogen-bond donors (Lipinski definition) is 1. The van der Waals surface area contributed by atoms with Crippen molar-refractivity contribution in [3.63, 3.8) is 0 Å². The fourth-order valence-corrected chi connectivity index (χ4v) is 3.46. The van der Waals surface area contributed by atoms with Gasteiger partial charge in [-0.2, -0.15) is 0 Å². The molecule has 28 heavy (non-hydrogen) atoms. The molecule has 0 aliphatic rings. The lowest BCUT2D eigenvalue weighted by atomic mass is 9.87. The third-order valence-corrected chi connectivity index (χ3v) is 5.06. The van der Waals surface area contributed by atoms with Crippen LogP contribution in [-0.4, -0.2) is 13.0 Å². The lowest BCUT2D eigenvalue weighted by Crippen LogP contribution is -2.41. The van der Waals surface area contributed by atoms with Gasteiger partial charge in [0.05, 0.1) is 12.6 Å². The maximum Gasteiger partial charge on any atom is 0.221 e. The monoisotopic (exact) mass is 373 g/mol. The third-order valence-electron chi connectivity index (χ3n) is 5.06. The van der Waals surface area contributed by atoms with Crippen molar-refractivity contribution in [1.29, 1.82) is 0 Å². The van der Waals surface area contributed by atoms with Crippen LogP contribution in [0.1, 0.15) is 42.9 Å². The summed E-state index contributed by atoms with van der Waals surface area (Å²) in [5.74, 6) is 0.853. The molecule has 0 bridgehead atoms. The van der Waals surface area contributed by atoms with E-state index in [4.69, 9.17) is 4.74 Å².